The standard InChI is InChI=1S/C30H30N2O7/c1-4-15-39-30(36)19-9-7-11-21(16-19)32-26(20-10-8-14-31-18-20)25(28(34)29(32)35)27(33)23-13-12-22(37-5-2)17-24(23)38-6-3/h7-14,16-18,26,33H,4-6,15H2,1-3H3/b27-25-. The van der Waals surface area contributed by atoms with Crippen LogP contribution in [0, 0.1) is 0 Å². The normalized spacial score (nSPS) is 16.3. The van der Waals surface area contributed by atoms with Crippen LogP contribution in [0.4, 0.5) is 5.69 Å². The number of amides is 1. The van der Waals surface area contributed by atoms with E-state index in [2.05, 4.69) is 4.98 Å². The van der Waals surface area contributed by atoms with Crippen LogP contribution in [0.5, 0.6) is 11.5 Å². The van der Waals surface area contributed by atoms with Gasteiger partial charge in [-0.25, -0.2) is 4.79 Å². The minimum atomic E-state index is -1.01. The van der Waals surface area contributed by atoms with Crippen molar-refractivity contribution in [3.05, 3.63) is 89.3 Å². The first-order valence-corrected chi connectivity index (χ1v) is 12.8. The fourth-order valence-corrected chi connectivity index (χ4v) is 4.39. The highest BCUT2D eigenvalue weighted by Gasteiger charge is 2.47. The molecular weight excluding hydrogens is 500 g/mol. The Morgan fingerprint density at radius 3 is 2.49 bits per heavy atom. The van der Waals surface area contributed by atoms with E-state index in [4.69, 9.17) is 14.2 Å². The SMILES string of the molecule is CCCOC(=O)c1cccc(N2C(=O)C(=O)/C(=C(\O)c3ccc(OCC)cc3OCC)C2c2cccnc2)c1. The number of aliphatic hydroxyl groups is 1. The van der Waals surface area contributed by atoms with Gasteiger partial charge in [-0.05, 0) is 62.2 Å². The Bertz CT molecular complexity index is 1400. The second-order valence-electron chi connectivity index (χ2n) is 8.67. The topological polar surface area (TPSA) is 115 Å². The van der Waals surface area contributed by atoms with Crippen molar-refractivity contribution < 1.29 is 33.7 Å². The lowest BCUT2D eigenvalue weighted by Crippen LogP contribution is -2.29. The van der Waals surface area contributed by atoms with Crippen molar-refractivity contribution in [1.29, 1.82) is 0 Å². The number of aromatic nitrogens is 1. The Kier molecular flexibility index (Phi) is 8.60. The molecule has 9 nitrogen and oxygen atoms in total. The van der Waals surface area contributed by atoms with Crippen LogP contribution in [0.15, 0.2) is 72.6 Å². The molecule has 1 aliphatic heterocycles. The average molecular weight is 531 g/mol. The summed E-state index contributed by atoms with van der Waals surface area (Å²) >= 11 is 0. The zero-order valence-electron chi connectivity index (χ0n) is 22.0. The molecule has 1 aromatic heterocycles. The second-order valence-corrected chi connectivity index (χ2v) is 8.67. The lowest BCUT2D eigenvalue weighted by Gasteiger charge is -2.25. The van der Waals surface area contributed by atoms with Gasteiger partial charge < -0.3 is 19.3 Å². The highest BCUT2D eigenvalue weighted by Crippen LogP contribution is 2.43. The number of hydrogen-bond donors (Lipinski definition) is 1. The molecule has 0 bridgehead atoms. The van der Waals surface area contributed by atoms with E-state index in [0.29, 0.717) is 42.4 Å². The smallest absolute Gasteiger partial charge is 0.338 e. The molecule has 202 valence electrons. The van der Waals surface area contributed by atoms with Crippen LogP contribution in [-0.4, -0.2) is 47.6 Å². The molecule has 3 aromatic rings. The summed E-state index contributed by atoms with van der Waals surface area (Å²) in [7, 11) is 0. The van der Waals surface area contributed by atoms with Gasteiger partial charge in [-0.15, -0.1) is 0 Å². The molecule has 1 unspecified atom stereocenters. The van der Waals surface area contributed by atoms with E-state index in [-0.39, 0.29) is 23.3 Å². The maximum absolute atomic E-state index is 13.5. The molecule has 0 spiro atoms. The Labute approximate surface area is 226 Å². The van der Waals surface area contributed by atoms with Crippen LogP contribution in [0.1, 0.15) is 54.7 Å². The number of benzene rings is 2. The second kappa shape index (κ2) is 12.3. The molecule has 39 heavy (non-hydrogen) atoms. The Morgan fingerprint density at radius 2 is 1.79 bits per heavy atom. The van der Waals surface area contributed by atoms with Gasteiger partial charge in [0.15, 0.2) is 0 Å². The summed E-state index contributed by atoms with van der Waals surface area (Å²) in [5.41, 5.74) is 1.15. The van der Waals surface area contributed by atoms with Crippen molar-refractivity contribution in [2.75, 3.05) is 24.7 Å². The third-order valence-electron chi connectivity index (χ3n) is 6.06. The van der Waals surface area contributed by atoms with E-state index in [1.807, 2.05) is 13.8 Å². The summed E-state index contributed by atoms with van der Waals surface area (Å²) in [5.74, 6) is -1.82. The molecule has 4 rings (SSSR count). The third-order valence-corrected chi connectivity index (χ3v) is 6.06. The van der Waals surface area contributed by atoms with Crippen molar-refractivity contribution >= 4 is 29.1 Å². The number of ether oxygens (including phenoxy) is 3. The number of carbonyl (C=O) groups is 3. The van der Waals surface area contributed by atoms with Crippen molar-refractivity contribution in [1.82, 2.24) is 4.98 Å². The number of aliphatic hydroxyl groups excluding tert-OH is 1. The first kappa shape index (κ1) is 27.4. The molecule has 1 amide bonds. The zero-order valence-corrected chi connectivity index (χ0v) is 22.0. The first-order valence-electron chi connectivity index (χ1n) is 12.8. The van der Waals surface area contributed by atoms with Crippen LogP contribution in [0.2, 0.25) is 0 Å². The van der Waals surface area contributed by atoms with Crippen LogP contribution in [0.3, 0.4) is 0 Å². The zero-order chi connectivity index (χ0) is 27.9. The summed E-state index contributed by atoms with van der Waals surface area (Å²) in [4.78, 5) is 44.9. The van der Waals surface area contributed by atoms with Crippen LogP contribution in [0.25, 0.3) is 5.76 Å². The fourth-order valence-electron chi connectivity index (χ4n) is 4.39. The number of nitrogens with zero attached hydrogens (tertiary/aromatic N) is 2. The third kappa shape index (κ3) is 5.62. The van der Waals surface area contributed by atoms with Crippen LogP contribution >= 0.6 is 0 Å². The molecule has 0 radical (unpaired) electrons. The van der Waals surface area contributed by atoms with Gasteiger partial charge >= 0.3 is 5.97 Å². The lowest BCUT2D eigenvalue weighted by molar-refractivity contribution is -0.132. The number of rotatable bonds is 10. The van der Waals surface area contributed by atoms with E-state index < -0.39 is 29.5 Å². The van der Waals surface area contributed by atoms with Gasteiger partial charge in [0.05, 0.1) is 42.6 Å². The van der Waals surface area contributed by atoms with Gasteiger partial charge in [0.25, 0.3) is 11.7 Å². The minimum absolute atomic E-state index is 0.128. The minimum Gasteiger partial charge on any atom is -0.507 e. The lowest BCUT2D eigenvalue weighted by atomic mass is 9.95. The molecule has 1 saturated heterocycles. The van der Waals surface area contributed by atoms with Gasteiger partial charge in [0.2, 0.25) is 0 Å². The molecule has 1 fully saturated rings. The Morgan fingerprint density at radius 1 is 1.00 bits per heavy atom. The molecule has 1 aliphatic rings. The molecule has 1 N–H and O–H groups in total. The summed E-state index contributed by atoms with van der Waals surface area (Å²) in [6.07, 6.45) is 3.76. The maximum Gasteiger partial charge on any atom is 0.338 e. The number of carbonyl (C=O) groups excluding carboxylic acids is 3. The molecular formula is C30H30N2O7. The van der Waals surface area contributed by atoms with Crippen LogP contribution in [-0.2, 0) is 14.3 Å². The van der Waals surface area contributed by atoms with Crippen molar-refractivity contribution in [2.45, 2.75) is 33.2 Å². The van der Waals surface area contributed by atoms with E-state index in [0.717, 1.165) is 0 Å². The van der Waals surface area contributed by atoms with Gasteiger partial charge in [-0.1, -0.05) is 19.1 Å². The Hall–Kier alpha value is -4.66. The molecule has 0 saturated carbocycles. The summed E-state index contributed by atoms with van der Waals surface area (Å²) in [6, 6.07) is 13.5. The van der Waals surface area contributed by atoms with Crippen molar-refractivity contribution in [3.8, 4) is 11.5 Å². The quantitative estimate of drug-likeness (QED) is 0.167. The Balaban J connectivity index is 1.88. The number of esters is 1. The molecule has 2 aromatic carbocycles. The summed E-state index contributed by atoms with van der Waals surface area (Å²) < 4.78 is 16.5. The predicted molar refractivity (Wildman–Crippen MR) is 145 cm³/mol. The van der Waals surface area contributed by atoms with Crippen molar-refractivity contribution in [2.24, 2.45) is 0 Å². The maximum atomic E-state index is 13.5. The molecule has 9 heteroatoms. The van der Waals surface area contributed by atoms with Gasteiger partial charge in [-0.3, -0.25) is 19.5 Å². The fraction of sp³-hybridized carbons (Fsp3) is 0.267. The molecule has 1 atom stereocenters. The monoisotopic (exact) mass is 530 g/mol. The van der Waals surface area contributed by atoms with E-state index in [1.54, 1.807) is 61.7 Å². The highest BCUT2D eigenvalue weighted by molar-refractivity contribution is 6.51. The molecule has 0 aliphatic carbocycles. The molecule has 2 heterocycles. The number of pyridine rings is 1. The van der Waals surface area contributed by atoms with Gasteiger partial charge in [-0.2, -0.15) is 0 Å². The highest BCUT2D eigenvalue weighted by atomic mass is 16.5. The first-order chi connectivity index (χ1) is 18.9. The van der Waals surface area contributed by atoms with Gasteiger partial charge in [0.1, 0.15) is 17.3 Å². The van der Waals surface area contributed by atoms with E-state index in [9.17, 15) is 19.5 Å². The number of Topliss-reactive ketones (excluding diaryl/α,β-unsaturated/α-hetero) is 1. The summed E-state index contributed by atoms with van der Waals surface area (Å²) in [5, 5.41) is 11.5. The van der Waals surface area contributed by atoms with E-state index >= 15 is 0 Å². The average Bonchev–Trinajstić information content (AvgIpc) is 3.22. The van der Waals surface area contributed by atoms with E-state index in [1.165, 1.54) is 17.2 Å². The van der Waals surface area contributed by atoms with Crippen molar-refractivity contribution in [3.63, 3.8) is 0 Å². The predicted octanol–water partition coefficient (Wildman–Crippen LogP) is 5.07. The van der Waals surface area contributed by atoms with Crippen LogP contribution < -0.4 is 14.4 Å². The number of anilines is 1. The summed E-state index contributed by atoms with van der Waals surface area (Å²) in [6.45, 7) is 6.53. The van der Waals surface area contributed by atoms with Gasteiger partial charge in [0, 0.05) is 24.1 Å². The number of ketones is 1. The number of hydrogen-bond acceptors (Lipinski definition) is 8. The largest absolute Gasteiger partial charge is 0.507 e.